The summed E-state index contributed by atoms with van der Waals surface area (Å²) in [5.74, 6) is 0.00394. The van der Waals surface area contributed by atoms with Crippen molar-refractivity contribution in [3.8, 4) is 0 Å². The maximum absolute atomic E-state index is 9.59. The second kappa shape index (κ2) is 7.65. The van der Waals surface area contributed by atoms with Crippen LogP contribution in [0, 0.1) is 5.92 Å². The Morgan fingerprint density at radius 3 is 2.31 bits per heavy atom. The van der Waals surface area contributed by atoms with Crippen LogP contribution in [0.3, 0.4) is 0 Å². The molecule has 13 heavy (non-hydrogen) atoms. The van der Waals surface area contributed by atoms with Crippen LogP contribution in [0.4, 0.5) is 0 Å². The van der Waals surface area contributed by atoms with Crippen LogP contribution >= 0.6 is 8.60 Å². The van der Waals surface area contributed by atoms with Crippen molar-refractivity contribution in [3.63, 3.8) is 0 Å². The van der Waals surface area contributed by atoms with Gasteiger partial charge in [-0.15, -0.1) is 0 Å². The molecule has 0 aliphatic carbocycles. The predicted octanol–water partition coefficient (Wildman–Crippen LogP) is 1.40. The van der Waals surface area contributed by atoms with Crippen LogP contribution in [0.15, 0.2) is 0 Å². The highest BCUT2D eigenvalue weighted by atomic mass is 31.2. The average molecular weight is 210 g/mol. The molecule has 0 spiro atoms. The van der Waals surface area contributed by atoms with Crippen molar-refractivity contribution >= 4 is 8.60 Å². The molecule has 3 N–H and O–H groups in total. The van der Waals surface area contributed by atoms with E-state index in [2.05, 4.69) is 4.52 Å². The fraction of sp³-hybridized carbons (Fsp3) is 1.00. The third-order valence-corrected chi connectivity index (χ3v) is 2.44. The molecule has 0 radical (unpaired) electrons. The molecule has 0 aliphatic heterocycles. The maximum Gasteiger partial charge on any atom is 0.327 e. The minimum atomic E-state index is -2.28. The average Bonchev–Trinajstić information content (AvgIpc) is 2.05. The zero-order valence-electron chi connectivity index (χ0n) is 8.18. The van der Waals surface area contributed by atoms with Crippen LogP contribution < -0.4 is 0 Å². The topological polar surface area (TPSA) is 69.9 Å². The molecule has 0 saturated heterocycles. The molecule has 0 aromatic rings. The molecule has 0 aromatic heterocycles. The summed E-state index contributed by atoms with van der Waals surface area (Å²) in [6.45, 7) is 4.17. The zero-order chi connectivity index (χ0) is 10.3. The van der Waals surface area contributed by atoms with E-state index in [4.69, 9.17) is 9.79 Å². The molecule has 2 atom stereocenters. The number of rotatable bonds is 7. The van der Waals surface area contributed by atoms with E-state index < -0.39 is 14.7 Å². The third kappa shape index (κ3) is 6.36. The third-order valence-electron chi connectivity index (χ3n) is 2.06. The molecule has 0 rings (SSSR count). The number of hydrogen-bond acceptors (Lipinski definition) is 4. The normalized spacial score (nSPS) is 16.2. The van der Waals surface area contributed by atoms with Gasteiger partial charge in [-0.05, 0) is 12.8 Å². The second-order valence-corrected chi connectivity index (χ2v) is 3.84. The van der Waals surface area contributed by atoms with Crippen molar-refractivity contribution in [2.75, 3.05) is 6.61 Å². The first-order chi connectivity index (χ1) is 6.11. The fourth-order valence-corrected chi connectivity index (χ4v) is 1.52. The fourth-order valence-electron chi connectivity index (χ4n) is 1.19. The smallest absolute Gasteiger partial charge is 0.327 e. The molecule has 0 aromatic carbocycles. The van der Waals surface area contributed by atoms with Crippen molar-refractivity contribution in [2.45, 2.75) is 39.2 Å². The maximum atomic E-state index is 9.59. The molecular weight excluding hydrogens is 191 g/mol. The van der Waals surface area contributed by atoms with Crippen molar-refractivity contribution in [2.24, 2.45) is 5.92 Å². The lowest BCUT2D eigenvalue weighted by Crippen LogP contribution is -2.23. The van der Waals surface area contributed by atoms with Gasteiger partial charge in [-0.3, -0.25) is 0 Å². The summed E-state index contributed by atoms with van der Waals surface area (Å²) in [7, 11) is -2.28. The highest BCUT2D eigenvalue weighted by Crippen LogP contribution is 2.27. The van der Waals surface area contributed by atoms with Gasteiger partial charge in [0, 0.05) is 5.92 Å². The van der Waals surface area contributed by atoms with Gasteiger partial charge in [0.2, 0.25) is 0 Å². The van der Waals surface area contributed by atoms with Gasteiger partial charge >= 0.3 is 8.60 Å². The summed E-state index contributed by atoms with van der Waals surface area (Å²) < 4.78 is 4.68. The van der Waals surface area contributed by atoms with Gasteiger partial charge in [-0.25, -0.2) is 0 Å². The number of aliphatic hydroxyl groups excluding tert-OH is 1. The molecule has 4 nitrogen and oxygen atoms in total. The van der Waals surface area contributed by atoms with Gasteiger partial charge in [0.05, 0.1) is 12.7 Å². The minimum absolute atomic E-state index is 0.00394. The first-order valence-corrected chi connectivity index (χ1v) is 5.77. The molecule has 5 heteroatoms. The molecule has 0 heterocycles. The largest absolute Gasteiger partial charge is 0.393 e. The summed E-state index contributed by atoms with van der Waals surface area (Å²) in [5, 5.41) is 9.59. The van der Waals surface area contributed by atoms with E-state index in [0.29, 0.717) is 0 Å². The molecule has 0 aliphatic rings. The molecule has 0 saturated carbocycles. The van der Waals surface area contributed by atoms with E-state index in [9.17, 15) is 5.11 Å². The first kappa shape index (κ1) is 13.3. The summed E-state index contributed by atoms with van der Waals surface area (Å²) in [6.07, 6.45) is 2.04. The summed E-state index contributed by atoms with van der Waals surface area (Å²) in [5.41, 5.74) is 0. The molecule has 0 fully saturated rings. The molecular formula is C8H19O4P. The lowest BCUT2D eigenvalue weighted by atomic mass is 9.97. The second-order valence-electron chi connectivity index (χ2n) is 3.07. The SMILES string of the molecule is CCCC(O)C(CC)COP(O)O. The Bertz CT molecular complexity index is 121. The zero-order valence-corrected chi connectivity index (χ0v) is 9.07. The van der Waals surface area contributed by atoms with E-state index in [1.54, 1.807) is 0 Å². The van der Waals surface area contributed by atoms with Gasteiger partial charge in [-0.2, -0.15) is 0 Å². The first-order valence-electron chi connectivity index (χ1n) is 4.60. The van der Waals surface area contributed by atoms with E-state index in [1.165, 1.54) is 0 Å². The van der Waals surface area contributed by atoms with E-state index >= 15 is 0 Å². The van der Waals surface area contributed by atoms with E-state index in [-0.39, 0.29) is 12.5 Å². The van der Waals surface area contributed by atoms with Crippen molar-refractivity contribution in [1.82, 2.24) is 0 Å². The lowest BCUT2D eigenvalue weighted by Gasteiger charge is -2.20. The Morgan fingerprint density at radius 1 is 1.31 bits per heavy atom. The van der Waals surface area contributed by atoms with Crippen LogP contribution in [0.2, 0.25) is 0 Å². The molecule has 0 amide bonds. The summed E-state index contributed by atoms with van der Waals surface area (Å²) >= 11 is 0. The van der Waals surface area contributed by atoms with Gasteiger partial charge in [0.25, 0.3) is 0 Å². The molecule has 0 bridgehead atoms. The van der Waals surface area contributed by atoms with Crippen molar-refractivity contribution < 1.29 is 19.4 Å². The van der Waals surface area contributed by atoms with Crippen LogP contribution in [0.1, 0.15) is 33.1 Å². The van der Waals surface area contributed by atoms with Gasteiger partial charge < -0.3 is 19.4 Å². The Morgan fingerprint density at radius 2 is 1.92 bits per heavy atom. The number of aliphatic hydroxyl groups is 1. The Balaban J connectivity index is 3.73. The van der Waals surface area contributed by atoms with Crippen LogP contribution in [0.5, 0.6) is 0 Å². The van der Waals surface area contributed by atoms with Crippen molar-refractivity contribution in [1.29, 1.82) is 0 Å². The summed E-state index contributed by atoms with van der Waals surface area (Å²) in [6, 6.07) is 0. The lowest BCUT2D eigenvalue weighted by molar-refractivity contribution is 0.0617. The van der Waals surface area contributed by atoms with Crippen LogP contribution in [0.25, 0.3) is 0 Å². The molecule has 2 unspecified atom stereocenters. The standard InChI is InChI=1S/C8H19O4P/c1-3-5-8(9)7(4-2)6-12-13(10)11/h7-11H,3-6H2,1-2H3. The highest BCUT2D eigenvalue weighted by Gasteiger charge is 2.17. The van der Waals surface area contributed by atoms with E-state index in [1.807, 2.05) is 13.8 Å². The summed E-state index contributed by atoms with van der Waals surface area (Å²) in [4.78, 5) is 17.0. The van der Waals surface area contributed by atoms with Gasteiger partial charge in [0.1, 0.15) is 0 Å². The van der Waals surface area contributed by atoms with Gasteiger partial charge in [0.15, 0.2) is 0 Å². The Kier molecular flexibility index (Phi) is 7.81. The minimum Gasteiger partial charge on any atom is -0.393 e. The highest BCUT2D eigenvalue weighted by molar-refractivity contribution is 7.39. The van der Waals surface area contributed by atoms with E-state index in [0.717, 1.165) is 19.3 Å². The Hall–Kier alpha value is 0.270. The van der Waals surface area contributed by atoms with Crippen LogP contribution in [-0.4, -0.2) is 27.6 Å². The quantitative estimate of drug-likeness (QED) is 0.555. The predicted molar refractivity (Wildman–Crippen MR) is 52.0 cm³/mol. The van der Waals surface area contributed by atoms with Crippen LogP contribution in [-0.2, 0) is 4.52 Å². The Labute approximate surface area is 80.5 Å². The molecule has 80 valence electrons. The number of hydrogen-bond donors (Lipinski definition) is 3. The monoisotopic (exact) mass is 210 g/mol. The van der Waals surface area contributed by atoms with Gasteiger partial charge in [-0.1, -0.05) is 20.3 Å². The van der Waals surface area contributed by atoms with Crippen molar-refractivity contribution in [3.05, 3.63) is 0 Å².